The number of hydrogen-bond donors (Lipinski definition) is 2. The van der Waals surface area contributed by atoms with Crippen LogP contribution >= 0.6 is 0 Å². The zero-order chi connectivity index (χ0) is 8.24. The molecule has 0 radical (unpaired) electrons. The van der Waals surface area contributed by atoms with E-state index in [4.69, 9.17) is 10.2 Å². The van der Waals surface area contributed by atoms with Crippen LogP contribution in [0.2, 0.25) is 0 Å². The molecule has 0 amide bonds. The van der Waals surface area contributed by atoms with E-state index in [0.29, 0.717) is 0 Å². The summed E-state index contributed by atoms with van der Waals surface area (Å²) in [6.45, 7) is 0. The summed E-state index contributed by atoms with van der Waals surface area (Å²) in [6.07, 6.45) is 0. The summed E-state index contributed by atoms with van der Waals surface area (Å²) >= 11 is 0. The number of benzene rings is 1. The molecule has 90 valence electrons. The summed E-state index contributed by atoms with van der Waals surface area (Å²) in [7, 11) is 2.00. The molecule has 0 saturated carbocycles. The Kier molecular flexibility index (Phi) is 163. The maximum absolute atomic E-state index is 7.00. The fourth-order valence-corrected chi connectivity index (χ4v) is 0.385. The van der Waals surface area contributed by atoms with Crippen LogP contribution in [0.3, 0.4) is 0 Å². The molecule has 1 rings (SSSR count). The number of hydrogen-bond acceptors (Lipinski definition) is 2. The van der Waals surface area contributed by atoms with Crippen LogP contribution in [-0.2, 0) is 0 Å². The molecular weight excluding hydrogens is 204 g/mol. The van der Waals surface area contributed by atoms with Crippen LogP contribution in [0.4, 0.5) is 18.8 Å². The third-order valence-electron chi connectivity index (χ3n) is 0.667. The minimum absolute atomic E-state index is 0. The highest BCUT2D eigenvalue weighted by molar-refractivity contribution is 4.99. The van der Waals surface area contributed by atoms with E-state index in [1.54, 1.807) is 0 Å². The van der Waals surface area contributed by atoms with Crippen LogP contribution in [0.5, 0.6) is 0 Å². The summed E-state index contributed by atoms with van der Waals surface area (Å²) in [6, 6.07) is 12.0. The zero-order valence-corrected chi connectivity index (χ0v) is 7.99. The molecule has 0 heterocycles. The van der Waals surface area contributed by atoms with E-state index in [1.165, 1.54) is 0 Å². The van der Waals surface area contributed by atoms with Gasteiger partial charge in [-0.3, -0.25) is 18.8 Å². The van der Waals surface area contributed by atoms with Crippen LogP contribution in [-0.4, -0.2) is 24.4 Å². The number of halogens is 4. The van der Waals surface area contributed by atoms with Crippen molar-refractivity contribution in [1.29, 1.82) is 0 Å². The lowest BCUT2D eigenvalue weighted by molar-refractivity contribution is 0.399. The lowest BCUT2D eigenvalue weighted by atomic mass is 10.4. The van der Waals surface area contributed by atoms with Gasteiger partial charge in [-0.05, 0) is 0 Å². The highest BCUT2D eigenvalue weighted by Crippen LogP contribution is 1.79. The van der Waals surface area contributed by atoms with E-state index in [-0.39, 0.29) is 18.8 Å². The summed E-state index contributed by atoms with van der Waals surface area (Å²) in [5, 5.41) is 14.0. The van der Waals surface area contributed by atoms with Crippen molar-refractivity contribution >= 4 is 0 Å². The van der Waals surface area contributed by atoms with Crippen LogP contribution in [0.1, 0.15) is 0 Å². The van der Waals surface area contributed by atoms with Gasteiger partial charge in [0.15, 0.2) is 0 Å². The first-order valence-electron chi connectivity index (χ1n) is 2.89. The van der Waals surface area contributed by atoms with Gasteiger partial charge in [-0.2, -0.15) is 0 Å². The maximum atomic E-state index is 7.00. The average molecular weight is 222 g/mol. The van der Waals surface area contributed by atoms with Crippen molar-refractivity contribution in [3.05, 3.63) is 36.4 Å². The molecule has 1 aromatic carbocycles. The number of rotatable bonds is 0. The Morgan fingerprint density at radius 2 is 0.500 bits per heavy atom. The third-order valence-corrected chi connectivity index (χ3v) is 0.667. The first-order chi connectivity index (χ1) is 5.00. The van der Waals surface area contributed by atoms with Gasteiger partial charge in [-0.15, -0.1) is 0 Å². The molecule has 6 heteroatoms. The molecule has 0 bridgehead atoms. The van der Waals surface area contributed by atoms with Gasteiger partial charge in [0.25, 0.3) is 0 Å². The molecule has 0 aliphatic rings. The second kappa shape index (κ2) is 59.2. The van der Waals surface area contributed by atoms with Gasteiger partial charge >= 0.3 is 0 Å². The Hall–Kier alpha value is -1.14. The normalized spacial score (nSPS) is 4.29. The van der Waals surface area contributed by atoms with Crippen LogP contribution in [0.25, 0.3) is 0 Å². The summed E-state index contributed by atoms with van der Waals surface area (Å²) < 4.78 is 0. The second-order valence-electron chi connectivity index (χ2n) is 1.15. The van der Waals surface area contributed by atoms with Crippen LogP contribution < -0.4 is 0 Å². The van der Waals surface area contributed by atoms with Crippen molar-refractivity contribution < 1.29 is 29.0 Å². The van der Waals surface area contributed by atoms with E-state index in [1.807, 2.05) is 36.4 Å². The summed E-state index contributed by atoms with van der Waals surface area (Å²) in [5.74, 6) is 0. The van der Waals surface area contributed by atoms with E-state index < -0.39 is 0 Å². The molecule has 2 N–H and O–H groups in total. The van der Waals surface area contributed by atoms with Crippen molar-refractivity contribution in [2.45, 2.75) is 0 Å². The molecule has 0 unspecified atom stereocenters. The molecule has 14 heavy (non-hydrogen) atoms. The second-order valence-corrected chi connectivity index (χ2v) is 1.15. The Labute approximate surface area is 80.7 Å². The SMILES string of the molecule is CO.CO.F.F.F.F.c1ccccc1. The molecule has 0 spiro atoms. The Balaban J connectivity index is -0.0000000183. The molecule has 0 aliphatic heterocycles. The number of aliphatic hydroxyl groups is 2. The minimum Gasteiger partial charge on any atom is -0.400 e. The zero-order valence-electron chi connectivity index (χ0n) is 7.99. The largest absolute Gasteiger partial charge is 0.400 e. The van der Waals surface area contributed by atoms with Crippen LogP contribution in [0, 0.1) is 0 Å². The lowest BCUT2D eigenvalue weighted by Gasteiger charge is -1.69. The molecule has 0 aliphatic carbocycles. The van der Waals surface area contributed by atoms with Gasteiger partial charge in [0.2, 0.25) is 0 Å². The fourth-order valence-electron chi connectivity index (χ4n) is 0.385. The third kappa shape index (κ3) is 44.7. The highest BCUT2D eigenvalue weighted by Gasteiger charge is 1.57. The van der Waals surface area contributed by atoms with E-state index >= 15 is 0 Å². The standard InChI is InChI=1S/C6H6.2CH4O.4FH/c1-2-4-6-5-3-1;2*1-2;;;;/h1-6H;2*2H,1H3;4*1H. The van der Waals surface area contributed by atoms with Crippen molar-refractivity contribution in [3.8, 4) is 0 Å². The lowest BCUT2D eigenvalue weighted by Crippen LogP contribution is -1.47. The predicted octanol–water partition coefficient (Wildman–Crippen LogP) is 1.51. The van der Waals surface area contributed by atoms with Crippen molar-refractivity contribution in [1.82, 2.24) is 0 Å². The summed E-state index contributed by atoms with van der Waals surface area (Å²) in [5.41, 5.74) is 0. The predicted molar refractivity (Wildman–Crippen MR) is 52.7 cm³/mol. The van der Waals surface area contributed by atoms with Gasteiger partial charge in [0.05, 0.1) is 0 Å². The Morgan fingerprint density at radius 1 is 0.429 bits per heavy atom. The topological polar surface area (TPSA) is 40.5 Å². The van der Waals surface area contributed by atoms with Gasteiger partial charge < -0.3 is 10.2 Å². The fraction of sp³-hybridized carbons (Fsp3) is 0.250. The molecule has 2 nitrogen and oxygen atoms in total. The number of aliphatic hydroxyl groups excluding tert-OH is 2. The molecule has 1 aromatic rings. The smallest absolute Gasteiger partial charge is 0.0319 e. The Morgan fingerprint density at radius 3 is 0.571 bits per heavy atom. The molecule has 0 aromatic heterocycles. The Bertz CT molecular complexity index is 91.3. The summed E-state index contributed by atoms with van der Waals surface area (Å²) in [4.78, 5) is 0. The molecule has 0 atom stereocenters. The van der Waals surface area contributed by atoms with Crippen molar-refractivity contribution in [2.75, 3.05) is 14.2 Å². The van der Waals surface area contributed by atoms with Crippen LogP contribution in [0.15, 0.2) is 36.4 Å². The molecular formula is C8H18F4O2. The van der Waals surface area contributed by atoms with Gasteiger partial charge in [-0.1, -0.05) is 36.4 Å². The van der Waals surface area contributed by atoms with E-state index in [0.717, 1.165) is 14.2 Å². The minimum atomic E-state index is 0. The van der Waals surface area contributed by atoms with Gasteiger partial charge in [0, 0.05) is 14.2 Å². The monoisotopic (exact) mass is 222 g/mol. The molecule has 0 saturated heterocycles. The van der Waals surface area contributed by atoms with Gasteiger partial charge in [-0.25, -0.2) is 0 Å². The van der Waals surface area contributed by atoms with Crippen molar-refractivity contribution in [3.63, 3.8) is 0 Å². The first kappa shape index (κ1) is 38.4. The van der Waals surface area contributed by atoms with Gasteiger partial charge in [0.1, 0.15) is 0 Å². The molecule has 0 fully saturated rings. The van der Waals surface area contributed by atoms with E-state index in [2.05, 4.69) is 0 Å². The first-order valence-corrected chi connectivity index (χ1v) is 2.89. The quantitative estimate of drug-likeness (QED) is 0.653. The van der Waals surface area contributed by atoms with E-state index in [9.17, 15) is 0 Å². The maximum Gasteiger partial charge on any atom is 0.0319 e. The van der Waals surface area contributed by atoms with Crippen molar-refractivity contribution in [2.24, 2.45) is 0 Å². The highest BCUT2D eigenvalue weighted by atomic mass is 19.0. The average Bonchev–Trinajstić information content (AvgIpc) is 2.14.